The van der Waals surface area contributed by atoms with E-state index in [4.69, 9.17) is 5.41 Å². The van der Waals surface area contributed by atoms with E-state index in [1.807, 2.05) is 25.4 Å². The van der Waals surface area contributed by atoms with Crippen LogP contribution in [0.15, 0.2) is 67.0 Å². The molecule has 0 fully saturated rings. The van der Waals surface area contributed by atoms with Crippen LogP contribution in [0.4, 0.5) is 0 Å². The number of allylic oxidation sites excluding steroid dienone is 1. The van der Waals surface area contributed by atoms with E-state index >= 15 is 0 Å². The van der Waals surface area contributed by atoms with E-state index in [-0.39, 0.29) is 5.41 Å². The van der Waals surface area contributed by atoms with E-state index in [1.54, 1.807) is 0 Å². The van der Waals surface area contributed by atoms with Gasteiger partial charge in [0.1, 0.15) is 0 Å². The maximum absolute atomic E-state index is 8.39. The summed E-state index contributed by atoms with van der Waals surface area (Å²) in [6.07, 6.45) is 7.44. The van der Waals surface area contributed by atoms with Crippen LogP contribution in [0.1, 0.15) is 37.8 Å². The van der Waals surface area contributed by atoms with Crippen LogP contribution in [-0.4, -0.2) is 10.7 Å². The number of nitrogens with zero attached hydrogens (tertiary/aromatic N) is 1. The summed E-state index contributed by atoms with van der Waals surface area (Å²) in [4.78, 5) is 4.08. The Hall–Kier alpha value is -2.22. The van der Waals surface area contributed by atoms with Crippen LogP contribution in [0.3, 0.4) is 0 Å². The van der Waals surface area contributed by atoms with Crippen LogP contribution in [0.25, 0.3) is 0 Å². The minimum absolute atomic E-state index is 0.223. The predicted molar refractivity (Wildman–Crippen MR) is 98.0 cm³/mol. The van der Waals surface area contributed by atoms with Crippen LogP contribution in [0.2, 0.25) is 0 Å². The molecule has 1 unspecified atom stereocenters. The molecule has 0 saturated heterocycles. The van der Waals surface area contributed by atoms with Gasteiger partial charge < -0.3 is 5.41 Å². The quantitative estimate of drug-likeness (QED) is 0.525. The van der Waals surface area contributed by atoms with Crippen molar-refractivity contribution in [3.05, 3.63) is 78.1 Å². The number of aryl methyl sites for hydroxylation is 2. The van der Waals surface area contributed by atoms with E-state index in [1.165, 1.54) is 11.1 Å². The maximum atomic E-state index is 8.39. The molecule has 0 aliphatic rings. The molecule has 120 valence electrons. The maximum Gasteiger partial charge on any atom is 0.0286 e. The Kier molecular flexibility index (Phi) is 5.86. The molecule has 2 nitrogen and oxygen atoms in total. The van der Waals surface area contributed by atoms with Crippen molar-refractivity contribution >= 4 is 5.71 Å². The second-order valence-electron chi connectivity index (χ2n) is 6.33. The fourth-order valence-corrected chi connectivity index (χ4v) is 3.16. The second-order valence-corrected chi connectivity index (χ2v) is 6.33. The molecular weight excluding hydrogens is 280 g/mol. The summed E-state index contributed by atoms with van der Waals surface area (Å²) in [5.74, 6) is 0. The Morgan fingerprint density at radius 2 is 1.48 bits per heavy atom. The highest BCUT2D eigenvalue weighted by molar-refractivity contribution is 5.88. The third kappa shape index (κ3) is 4.38. The number of pyridine rings is 1. The lowest BCUT2D eigenvalue weighted by Crippen LogP contribution is -2.31. The van der Waals surface area contributed by atoms with E-state index in [0.717, 1.165) is 37.0 Å². The molecule has 0 radical (unpaired) electrons. The Bertz CT molecular complexity index is 585. The number of aromatic nitrogens is 1. The van der Waals surface area contributed by atoms with E-state index in [9.17, 15) is 0 Å². The summed E-state index contributed by atoms with van der Waals surface area (Å²) in [6.45, 7) is 8.21. The minimum atomic E-state index is -0.223. The Balaban J connectivity index is 2.14. The van der Waals surface area contributed by atoms with Gasteiger partial charge in [-0.25, -0.2) is 0 Å². The fraction of sp³-hybridized carbons (Fsp3) is 0.333. The standard InChI is InChI=1S/C21H26N2/c1-17(2)21(18(3)22,13-9-19-7-5-4-6-8-19)14-10-20-11-15-23-16-12-20/h4-8,11-12,15-16,22H,1,9-10,13-14H2,2-3H3. The molecule has 2 aromatic rings. The lowest BCUT2D eigenvalue weighted by molar-refractivity contribution is 0.419. The van der Waals surface area contributed by atoms with Gasteiger partial charge in [-0.2, -0.15) is 0 Å². The third-order valence-corrected chi connectivity index (χ3v) is 4.81. The number of hydrogen-bond acceptors (Lipinski definition) is 2. The molecule has 2 rings (SSSR count). The van der Waals surface area contributed by atoms with E-state index in [2.05, 4.69) is 54.9 Å². The molecule has 1 aromatic carbocycles. The highest BCUT2D eigenvalue weighted by Crippen LogP contribution is 2.38. The molecule has 0 bridgehead atoms. The molecule has 1 N–H and O–H groups in total. The zero-order valence-electron chi connectivity index (χ0n) is 14.2. The molecule has 0 spiro atoms. The van der Waals surface area contributed by atoms with Gasteiger partial charge in [-0.3, -0.25) is 4.98 Å². The molecule has 0 amide bonds. The number of nitrogens with one attached hydrogen (secondary N) is 1. The van der Waals surface area contributed by atoms with Crippen molar-refractivity contribution in [2.24, 2.45) is 5.41 Å². The summed E-state index contributed by atoms with van der Waals surface area (Å²) < 4.78 is 0. The van der Waals surface area contributed by atoms with Crippen molar-refractivity contribution in [2.45, 2.75) is 39.5 Å². The average Bonchev–Trinajstić information content (AvgIpc) is 2.56. The van der Waals surface area contributed by atoms with Crippen LogP contribution >= 0.6 is 0 Å². The SMILES string of the molecule is C=C(C)C(CCc1ccccc1)(CCc1ccncc1)C(C)=N. The molecule has 0 aliphatic heterocycles. The molecule has 23 heavy (non-hydrogen) atoms. The van der Waals surface area contributed by atoms with Crippen molar-refractivity contribution in [1.82, 2.24) is 4.98 Å². The van der Waals surface area contributed by atoms with Crippen LogP contribution in [0.5, 0.6) is 0 Å². The largest absolute Gasteiger partial charge is 0.309 e. The van der Waals surface area contributed by atoms with Gasteiger partial charge in [0, 0.05) is 23.5 Å². The first-order valence-corrected chi connectivity index (χ1v) is 8.19. The summed E-state index contributed by atoms with van der Waals surface area (Å²) in [5.41, 5.74) is 4.18. The molecule has 0 aliphatic carbocycles. The zero-order chi connectivity index (χ0) is 16.7. The molecule has 2 heteroatoms. The first-order valence-electron chi connectivity index (χ1n) is 8.19. The number of benzene rings is 1. The van der Waals surface area contributed by atoms with Crippen molar-refractivity contribution in [1.29, 1.82) is 5.41 Å². The Morgan fingerprint density at radius 1 is 0.957 bits per heavy atom. The lowest BCUT2D eigenvalue weighted by Gasteiger charge is -2.34. The molecule has 1 atom stereocenters. The van der Waals surface area contributed by atoms with E-state index in [0.29, 0.717) is 0 Å². The number of rotatable bonds is 8. The smallest absolute Gasteiger partial charge is 0.0286 e. The van der Waals surface area contributed by atoms with Gasteiger partial charge in [0.2, 0.25) is 0 Å². The van der Waals surface area contributed by atoms with Crippen molar-refractivity contribution in [3.8, 4) is 0 Å². The van der Waals surface area contributed by atoms with Gasteiger partial charge in [-0.1, -0.05) is 42.5 Å². The molecule has 1 heterocycles. The van der Waals surface area contributed by atoms with Gasteiger partial charge >= 0.3 is 0 Å². The zero-order valence-corrected chi connectivity index (χ0v) is 14.2. The van der Waals surface area contributed by atoms with Gasteiger partial charge in [-0.05, 0) is 62.8 Å². The van der Waals surface area contributed by atoms with E-state index < -0.39 is 0 Å². The van der Waals surface area contributed by atoms with Crippen LogP contribution < -0.4 is 0 Å². The van der Waals surface area contributed by atoms with Crippen molar-refractivity contribution < 1.29 is 0 Å². The monoisotopic (exact) mass is 306 g/mol. The summed E-state index contributed by atoms with van der Waals surface area (Å²) >= 11 is 0. The normalized spacial score (nSPS) is 13.3. The number of hydrogen-bond donors (Lipinski definition) is 1. The minimum Gasteiger partial charge on any atom is -0.309 e. The van der Waals surface area contributed by atoms with Gasteiger partial charge in [-0.15, -0.1) is 0 Å². The molecule has 1 aromatic heterocycles. The van der Waals surface area contributed by atoms with Crippen LogP contribution in [-0.2, 0) is 12.8 Å². The van der Waals surface area contributed by atoms with Gasteiger partial charge in [0.05, 0.1) is 0 Å². The van der Waals surface area contributed by atoms with Crippen molar-refractivity contribution in [3.63, 3.8) is 0 Å². The van der Waals surface area contributed by atoms with Crippen LogP contribution in [0, 0.1) is 10.8 Å². The Morgan fingerprint density at radius 3 is 1.96 bits per heavy atom. The predicted octanol–water partition coefficient (Wildman–Crippen LogP) is 5.25. The first-order chi connectivity index (χ1) is 11.0. The second kappa shape index (κ2) is 7.87. The summed E-state index contributed by atoms with van der Waals surface area (Å²) in [5, 5.41) is 8.39. The topological polar surface area (TPSA) is 36.7 Å². The average molecular weight is 306 g/mol. The van der Waals surface area contributed by atoms with Gasteiger partial charge in [0.25, 0.3) is 0 Å². The van der Waals surface area contributed by atoms with Gasteiger partial charge in [0.15, 0.2) is 0 Å². The third-order valence-electron chi connectivity index (χ3n) is 4.81. The Labute approximate surface area is 139 Å². The highest BCUT2D eigenvalue weighted by Gasteiger charge is 2.32. The summed E-state index contributed by atoms with van der Waals surface area (Å²) in [7, 11) is 0. The van der Waals surface area contributed by atoms with Crippen molar-refractivity contribution in [2.75, 3.05) is 0 Å². The first kappa shape index (κ1) is 17.1. The highest BCUT2D eigenvalue weighted by atomic mass is 14.6. The summed E-state index contributed by atoms with van der Waals surface area (Å²) in [6, 6.07) is 14.6. The molecule has 0 saturated carbocycles. The molecular formula is C21H26N2. The fourth-order valence-electron chi connectivity index (χ4n) is 3.16. The lowest BCUT2D eigenvalue weighted by atomic mass is 9.69.